The molecular formula is C10H11N5O5S. The monoisotopic (exact) mass is 313 g/mol. The molecule has 2 heterocycles. The summed E-state index contributed by atoms with van der Waals surface area (Å²) >= 11 is 0. The van der Waals surface area contributed by atoms with E-state index in [0.717, 1.165) is 12.3 Å². The molecule has 0 aliphatic rings. The van der Waals surface area contributed by atoms with Crippen LogP contribution in [0.25, 0.3) is 0 Å². The standard InChI is InChI=1S/C10H11N5O5S/c1-2-20-10(17)6-5-11-14-9(6)21(18,19)15-7-3-4-8(16)13-12-7/h3-5H,2H2,1H3,(H,11,14)(H,12,15)(H,13,16). The largest absolute Gasteiger partial charge is 0.462 e. The molecule has 3 N–H and O–H groups in total. The molecule has 112 valence electrons. The summed E-state index contributed by atoms with van der Waals surface area (Å²) in [4.78, 5) is 22.5. The number of hydrogen-bond acceptors (Lipinski definition) is 7. The van der Waals surface area contributed by atoms with Crippen LogP contribution in [0.3, 0.4) is 0 Å². The molecule has 0 fully saturated rings. The third-order valence-corrected chi connectivity index (χ3v) is 3.61. The number of anilines is 1. The van der Waals surface area contributed by atoms with Gasteiger partial charge in [-0.3, -0.25) is 14.6 Å². The van der Waals surface area contributed by atoms with Gasteiger partial charge in [0.25, 0.3) is 15.6 Å². The molecule has 2 aromatic rings. The van der Waals surface area contributed by atoms with E-state index in [0.29, 0.717) is 0 Å². The van der Waals surface area contributed by atoms with Crippen molar-refractivity contribution in [3.63, 3.8) is 0 Å². The summed E-state index contributed by atoms with van der Waals surface area (Å²) in [5.74, 6) is -0.930. The van der Waals surface area contributed by atoms with E-state index in [4.69, 9.17) is 4.74 Å². The number of esters is 1. The third-order valence-electron chi connectivity index (χ3n) is 2.29. The van der Waals surface area contributed by atoms with Gasteiger partial charge in [0.1, 0.15) is 5.56 Å². The molecule has 0 amide bonds. The zero-order chi connectivity index (χ0) is 15.5. The van der Waals surface area contributed by atoms with Crippen LogP contribution in [0.2, 0.25) is 0 Å². The SMILES string of the molecule is CCOC(=O)c1cn[nH]c1S(=O)(=O)Nc1ccc(=O)[nH]n1. The van der Waals surface area contributed by atoms with Gasteiger partial charge >= 0.3 is 5.97 Å². The zero-order valence-corrected chi connectivity index (χ0v) is 11.6. The van der Waals surface area contributed by atoms with E-state index in [1.54, 1.807) is 6.92 Å². The number of carbonyl (C=O) groups excluding carboxylic acids is 1. The Hall–Kier alpha value is -2.69. The van der Waals surface area contributed by atoms with Gasteiger partial charge in [-0.05, 0) is 13.0 Å². The average Bonchev–Trinajstić information content (AvgIpc) is 2.92. The van der Waals surface area contributed by atoms with Crippen LogP contribution in [0.15, 0.2) is 28.2 Å². The van der Waals surface area contributed by atoms with E-state index < -0.39 is 26.6 Å². The normalized spacial score (nSPS) is 11.1. The van der Waals surface area contributed by atoms with E-state index in [1.807, 2.05) is 0 Å². The maximum Gasteiger partial charge on any atom is 0.342 e. The van der Waals surface area contributed by atoms with Gasteiger partial charge in [-0.15, -0.1) is 0 Å². The lowest BCUT2D eigenvalue weighted by Gasteiger charge is -2.06. The van der Waals surface area contributed by atoms with Gasteiger partial charge < -0.3 is 4.74 Å². The second-order valence-corrected chi connectivity index (χ2v) is 5.36. The highest BCUT2D eigenvalue weighted by molar-refractivity contribution is 7.92. The fourth-order valence-electron chi connectivity index (χ4n) is 1.42. The first kappa shape index (κ1) is 14.7. The van der Waals surface area contributed by atoms with Crippen LogP contribution in [-0.4, -0.2) is 41.4 Å². The number of aromatic amines is 2. The topological polar surface area (TPSA) is 147 Å². The molecule has 10 nitrogen and oxygen atoms in total. The molecule has 2 aromatic heterocycles. The summed E-state index contributed by atoms with van der Waals surface area (Å²) in [6, 6.07) is 2.28. The Balaban J connectivity index is 2.32. The molecule has 0 bridgehead atoms. The smallest absolute Gasteiger partial charge is 0.342 e. The van der Waals surface area contributed by atoms with Crippen molar-refractivity contribution in [2.45, 2.75) is 11.9 Å². The first-order valence-corrected chi connectivity index (χ1v) is 7.21. The van der Waals surface area contributed by atoms with Crippen molar-refractivity contribution in [1.82, 2.24) is 20.4 Å². The molecule has 0 aromatic carbocycles. The van der Waals surface area contributed by atoms with Crippen LogP contribution in [-0.2, 0) is 14.8 Å². The Morgan fingerprint density at radius 3 is 2.76 bits per heavy atom. The summed E-state index contributed by atoms with van der Waals surface area (Å²) in [7, 11) is -4.13. The van der Waals surface area contributed by atoms with Gasteiger partial charge in [0, 0.05) is 6.07 Å². The molecule has 0 spiro atoms. The number of hydrogen-bond donors (Lipinski definition) is 3. The maximum atomic E-state index is 12.2. The van der Waals surface area contributed by atoms with E-state index in [9.17, 15) is 18.0 Å². The Bertz CT molecular complexity index is 789. The third kappa shape index (κ3) is 3.25. The minimum Gasteiger partial charge on any atom is -0.462 e. The lowest BCUT2D eigenvalue weighted by Crippen LogP contribution is -2.19. The molecule has 0 saturated heterocycles. The number of aromatic nitrogens is 4. The number of H-pyrrole nitrogens is 2. The van der Waals surface area contributed by atoms with Gasteiger partial charge in [-0.1, -0.05) is 0 Å². The van der Waals surface area contributed by atoms with Gasteiger partial charge in [-0.25, -0.2) is 9.89 Å². The van der Waals surface area contributed by atoms with Crippen LogP contribution in [0.5, 0.6) is 0 Å². The van der Waals surface area contributed by atoms with E-state index in [-0.39, 0.29) is 18.0 Å². The number of rotatable bonds is 5. The Morgan fingerprint density at radius 1 is 1.38 bits per heavy atom. The van der Waals surface area contributed by atoms with E-state index >= 15 is 0 Å². The van der Waals surface area contributed by atoms with Crippen molar-refractivity contribution in [2.24, 2.45) is 0 Å². The Kier molecular flexibility index (Phi) is 4.03. The Morgan fingerprint density at radius 2 is 2.14 bits per heavy atom. The number of nitrogens with zero attached hydrogens (tertiary/aromatic N) is 2. The summed E-state index contributed by atoms with van der Waals surface area (Å²) in [6.45, 7) is 1.69. The van der Waals surface area contributed by atoms with E-state index in [1.165, 1.54) is 6.07 Å². The average molecular weight is 313 g/mol. The summed E-state index contributed by atoms with van der Waals surface area (Å²) in [6.07, 6.45) is 1.05. The number of ether oxygens (including phenoxy) is 1. The first-order chi connectivity index (χ1) is 9.94. The number of carbonyl (C=O) groups is 1. The predicted molar refractivity (Wildman–Crippen MR) is 70.2 cm³/mol. The lowest BCUT2D eigenvalue weighted by molar-refractivity contribution is 0.0522. The highest BCUT2D eigenvalue weighted by Gasteiger charge is 2.26. The molecule has 0 radical (unpaired) electrons. The van der Waals surface area contributed by atoms with Crippen molar-refractivity contribution >= 4 is 21.8 Å². The van der Waals surface area contributed by atoms with E-state index in [2.05, 4.69) is 25.1 Å². The van der Waals surface area contributed by atoms with Gasteiger partial charge in [-0.2, -0.15) is 18.6 Å². The molecule has 21 heavy (non-hydrogen) atoms. The Labute approximate surface area is 118 Å². The van der Waals surface area contributed by atoms with Crippen molar-refractivity contribution < 1.29 is 17.9 Å². The van der Waals surface area contributed by atoms with Crippen LogP contribution >= 0.6 is 0 Å². The second kappa shape index (κ2) is 5.75. The quantitative estimate of drug-likeness (QED) is 0.628. The van der Waals surface area contributed by atoms with Crippen LogP contribution < -0.4 is 10.3 Å². The number of sulfonamides is 1. The molecule has 0 atom stereocenters. The minimum atomic E-state index is -4.13. The summed E-state index contributed by atoms with van der Waals surface area (Å²) in [5, 5.41) is 10.9. The van der Waals surface area contributed by atoms with Gasteiger partial charge in [0.2, 0.25) is 0 Å². The fourth-order valence-corrected chi connectivity index (χ4v) is 2.51. The lowest BCUT2D eigenvalue weighted by atomic mass is 10.4. The second-order valence-electron chi connectivity index (χ2n) is 3.75. The molecule has 0 unspecified atom stereocenters. The van der Waals surface area contributed by atoms with Gasteiger partial charge in [0.15, 0.2) is 10.8 Å². The highest BCUT2D eigenvalue weighted by atomic mass is 32.2. The predicted octanol–water partition coefficient (Wildman–Crippen LogP) is -0.530. The summed E-state index contributed by atoms with van der Waals surface area (Å²) < 4.78 is 31.1. The zero-order valence-electron chi connectivity index (χ0n) is 10.8. The minimum absolute atomic E-state index is 0.0956. The van der Waals surface area contributed by atoms with Crippen molar-refractivity contribution in [3.8, 4) is 0 Å². The molecule has 0 aliphatic carbocycles. The van der Waals surface area contributed by atoms with Crippen LogP contribution in [0, 0.1) is 0 Å². The molecule has 11 heteroatoms. The molecular weight excluding hydrogens is 302 g/mol. The molecule has 0 aliphatic heterocycles. The van der Waals surface area contributed by atoms with Crippen LogP contribution in [0.1, 0.15) is 17.3 Å². The molecule has 0 saturated carbocycles. The number of nitrogens with one attached hydrogen (secondary N) is 3. The van der Waals surface area contributed by atoms with Crippen LogP contribution in [0.4, 0.5) is 5.82 Å². The van der Waals surface area contributed by atoms with Crippen molar-refractivity contribution in [1.29, 1.82) is 0 Å². The highest BCUT2D eigenvalue weighted by Crippen LogP contribution is 2.16. The maximum absolute atomic E-state index is 12.2. The fraction of sp³-hybridized carbons (Fsp3) is 0.200. The first-order valence-electron chi connectivity index (χ1n) is 5.73. The summed E-state index contributed by atoms with van der Waals surface area (Å²) in [5.41, 5.74) is -0.708. The molecule has 2 rings (SSSR count). The van der Waals surface area contributed by atoms with Crippen molar-refractivity contribution in [3.05, 3.63) is 34.2 Å². The van der Waals surface area contributed by atoms with Gasteiger partial charge in [0.05, 0.1) is 12.8 Å². The van der Waals surface area contributed by atoms with Crippen molar-refractivity contribution in [2.75, 3.05) is 11.3 Å².